The van der Waals surface area contributed by atoms with E-state index in [9.17, 15) is 23.1 Å². The van der Waals surface area contributed by atoms with Crippen molar-refractivity contribution < 1.29 is 23.1 Å². The summed E-state index contributed by atoms with van der Waals surface area (Å²) in [4.78, 5) is 27.9. The number of benzene rings is 2. The molecule has 1 amide bonds. The molecule has 2 aromatic carbocycles. The highest BCUT2D eigenvalue weighted by atomic mass is 35.5. The summed E-state index contributed by atoms with van der Waals surface area (Å²) in [5, 5.41) is 10.4. The quantitative estimate of drug-likeness (QED) is 0.370. The summed E-state index contributed by atoms with van der Waals surface area (Å²) in [6.45, 7) is 3.65. The molecule has 2 N–H and O–H groups in total. The van der Waals surface area contributed by atoms with Crippen LogP contribution in [0.2, 0.25) is 10.0 Å². The number of nitrogens with zero attached hydrogens (tertiary/aromatic N) is 1. The van der Waals surface area contributed by atoms with Gasteiger partial charge in [-0.2, -0.15) is 0 Å². The molecule has 0 bridgehead atoms. The molecule has 1 saturated carbocycles. The number of hydrogen-bond donors (Lipinski definition) is 2. The van der Waals surface area contributed by atoms with Crippen molar-refractivity contribution in [2.75, 3.05) is 6.54 Å². The number of carbonyl (C=O) groups is 2. The van der Waals surface area contributed by atoms with Crippen LogP contribution in [0.3, 0.4) is 0 Å². The lowest BCUT2D eigenvalue weighted by atomic mass is 9.67. The molecule has 7 nitrogen and oxygen atoms in total. The number of sulfonamides is 1. The third-order valence-corrected chi connectivity index (χ3v) is 10.4. The Bertz CT molecular complexity index is 1280. The fourth-order valence-electron chi connectivity index (χ4n) is 5.73. The fourth-order valence-corrected chi connectivity index (χ4v) is 7.67. The molecule has 38 heavy (non-hydrogen) atoms. The lowest BCUT2D eigenvalue weighted by molar-refractivity contribution is -0.160. The highest BCUT2D eigenvalue weighted by molar-refractivity contribution is 7.90. The Morgan fingerprint density at radius 2 is 1.82 bits per heavy atom. The van der Waals surface area contributed by atoms with Gasteiger partial charge in [0.1, 0.15) is 0 Å². The summed E-state index contributed by atoms with van der Waals surface area (Å²) in [5.41, 5.74) is 0.532. The summed E-state index contributed by atoms with van der Waals surface area (Å²) in [6, 6.07) is 13.7. The zero-order valence-corrected chi connectivity index (χ0v) is 23.9. The first-order chi connectivity index (χ1) is 17.9. The molecule has 0 radical (unpaired) electrons. The number of likely N-dealkylation sites (tertiary alicyclic amines) is 1. The van der Waals surface area contributed by atoms with Crippen LogP contribution in [0.1, 0.15) is 75.5 Å². The van der Waals surface area contributed by atoms with E-state index in [2.05, 4.69) is 4.72 Å². The van der Waals surface area contributed by atoms with Gasteiger partial charge in [-0.15, -0.1) is 0 Å². The van der Waals surface area contributed by atoms with Crippen LogP contribution in [0.4, 0.5) is 0 Å². The van der Waals surface area contributed by atoms with Gasteiger partial charge in [-0.3, -0.25) is 9.59 Å². The molecule has 0 unspecified atom stereocenters. The number of hydrogen-bond acceptors (Lipinski definition) is 4. The van der Waals surface area contributed by atoms with E-state index in [1.807, 2.05) is 37.3 Å². The first kappa shape index (κ1) is 28.9. The topological polar surface area (TPSA) is 104 Å². The van der Waals surface area contributed by atoms with Crippen molar-refractivity contribution in [3.05, 3.63) is 69.7 Å². The van der Waals surface area contributed by atoms with Crippen molar-refractivity contribution in [1.82, 2.24) is 9.62 Å². The molecule has 4 rings (SSSR count). The molecule has 10 heteroatoms. The Morgan fingerprint density at radius 3 is 2.37 bits per heavy atom. The second-order valence-electron chi connectivity index (χ2n) is 10.7. The lowest BCUT2D eigenvalue weighted by Gasteiger charge is -2.52. The molecule has 4 atom stereocenters. The molecule has 2 aliphatic rings. The largest absolute Gasteiger partial charge is 0.481 e. The van der Waals surface area contributed by atoms with E-state index in [0.29, 0.717) is 35.7 Å². The molecule has 1 heterocycles. The van der Waals surface area contributed by atoms with Crippen LogP contribution < -0.4 is 4.72 Å². The number of halogens is 2. The molecule has 1 saturated heterocycles. The van der Waals surface area contributed by atoms with Crippen molar-refractivity contribution in [2.24, 2.45) is 5.41 Å². The van der Waals surface area contributed by atoms with Crippen LogP contribution in [0.15, 0.2) is 48.5 Å². The normalized spacial score (nSPS) is 25.2. The molecule has 1 aliphatic carbocycles. The third kappa shape index (κ3) is 6.03. The summed E-state index contributed by atoms with van der Waals surface area (Å²) in [6.07, 6.45) is 2.60. The van der Waals surface area contributed by atoms with Crippen molar-refractivity contribution in [3.8, 4) is 0 Å². The Labute approximate surface area is 234 Å². The van der Waals surface area contributed by atoms with Crippen molar-refractivity contribution in [2.45, 2.75) is 75.6 Å². The van der Waals surface area contributed by atoms with E-state index in [0.717, 1.165) is 17.5 Å². The van der Waals surface area contributed by atoms with Crippen molar-refractivity contribution >= 4 is 45.1 Å². The monoisotopic (exact) mass is 580 g/mol. The van der Waals surface area contributed by atoms with Gasteiger partial charge in [0.25, 0.3) is 0 Å². The van der Waals surface area contributed by atoms with Crippen LogP contribution in [-0.4, -0.2) is 48.1 Å². The van der Waals surface area contributed by atoms with Crippen LogP contribution in [0, 0.1) is 5.41 Å². The summed E-state index contributed by atoms with van der Waals surface area (Å²) in [7, 11) is -3.51. The van der Waals surface area contributed by atoms with Crippen molar-refractivity contribution in [1.29, 1.82) is 0 Å². The molecule has 0 aromatic heterocycles. The highest BCUT2D eigenvalue weighted by Gasteiger charge is 2.52. The molecule has 206 valence electrons. The number of rotatable bonds is 10. The van der Waals surface area contributed by atoms with E-state index in [-0.39, 0.29) is 24.8 Å². The summed E-state index contributed by atoms with van der Waals surface area (Å²) < 4.78 is 28.5. The van der Waals surface area contributed by atoms with Crippen LogP contribution in [0.5, 0.6) is 0 Å². The minimum absolute atomic E-state index is 0.0522. The predicted octanol–water partition coefficient (Wildman–Crippen LogP) is 5.78. The Hall–Kier alpha value is -2.13. The van der Waals surface area contributed by atoms with E-state index in [1.54, 1.807) is 30.0 Å². The molecule has 0 spiro atoms. The highest BCUT2D eigenvalue weighted by Crippen LogP contribution is 2.52. The molecule has 2 aromatic rings. The van der Waals surface area contributed by atoms with Gasteiger partial charge in [-0.05, 0) is 61.1 Å². The Morgan fingerprint density at radius 1 is 1.13 bits per heavy atom. The van der Waals surface area contributed by atoms with Gasteiger partial charge in [0.15, 0.2) is 0 Å². The van der Waals surface area contributed by atoms with Crippen LogP contribution in [-0.2, 0) is 19.6 Å². The number of piperidine rings is 1. The Balaban J connectivity index is 1.82. The lowest BCUT2D eigenvalue weighted by Crippen LogP contribution is -2.58. The van der Waals surface area contributed by atoms with Gasteiger partial charge in [-0.25, -0.2) is 13.1 Å². The average molecular weight is 582 g/mol. The number of amides is 1. The maximum Gasteiger partial charge on any atom is 0.304 e. The minimum Gasteiger partial charge on any atom is -0.481 e. The number of nitrogens with one attached hydrogen (secondary N) is 1. The minimum atomic E-state index is -3.51. The van der Waals surface area contributed by atoms with E-state index < -0.39 is 38.7 Å². The summed E-state index contributed by atoms with van der Waals surface area (Å²) in [5.74, 6) is -1.64. The van der Waals surface area contributed by atoms with Gasteiger partial charge < -0.3 is 10.0 Å². The Kier molecular flexibility index (Phi) is 8.77. The van der Waals surface area contributed by atoms with Gasteiger partial charge in [0.2, 0.25) is 15.9 Å². The number of aliphatic carboxylic acids is 1. The second-order valence-corrected chi connectivity index (χ2v) is 13.6. The fraction of sp³-hybridized carbons (Fsp3) is 0.500. The number of carbonyl (C=O) groups excluding carboxylic acids is 1. The van der Waals surface area contributed by atoms with E-state index >= 15 is 0 Å². The zero-order valence-electron chi connectivity index (χ0n) is 21.6. The number of carboxylic acid groups (broad SMARTS) is 1. The van der Waals surface area contributed by atoms with Gasteiger partial charge >= 0.3 is 5.97 Å². The van der Waals surface area contributed by atoms with Crippen LogP contribution >= 0.6 is 23.2 Å². The second kappa shape index (κ2) is 11.5. The first-order valence-electron chi connectivity index (χ1n) is 13.0. The number of carboxylic acids is 1. The zero-order chi connectivity index (χ0) is 27.7. The smallest absolute Gasteiger partial charge is 0.304 e. The van der Waals surface area contributed by atoms with Crippen LogP contribution in [0.25, 0.3) is 0 Å². The first-order valence-corrected chi connectivity index (χ1v) is 15.3. The van der Waals surface area contributed by atoms with Crippen molar-refractivity contribution in [3.63, 3.8) is 0 Å². The summed E-state index contributed by atoms with van der Waals surface area (Å²) >= 11 is 12.6. The molecular formula is C28H34Cl2N2O5S. The van der Waals surface area contributed by atoms with E-state index in [4.69, 9.17) is 23.2 Å². The predicted molar refractivity (Wildman–Crippen MR) is 149 cm³/mol. The average Bonchev–Trinajstić information content (AvgIpc) is 2.80. The maximum atomic E-state index is 14.2. The van der Waals surface area contributed by atoms with Gasteiger partial charge in [0.05, 0.1) is 23.1 Å². The SMILES string of the molecule is CC[C@@H](CNS(=O)(=O)C1CCC1)N1C(=O)[C@@](C)(CC(=O)O)C[C@H](c2cccc(Cl)c2)[C@H]1c1ccc(Cl)cc1. The molecular weight excluding hydrogens is 547 g/mol. The third-order valence-electron chi connectivity index (χ3n) is 8.01. The standard InChI is InChI=1S/C28H34Cl2N2O5S/c1-3-22(17-31-38(36,37)23-8-5-9-23)32-26(18-10-12-20(29)13-11-18)24(19-6-4-7-21(30)14-19)15-28(2,27(32)35)16-25(33)34/h4,6-7,10-14,22-24,26,31H,3,5,8-9,15-17H2,1-2H3,(H,33,34)/t22-,24+,26+,28+/m0/s1. The molecule has 1 aliphatic heterocycles. The maximum absolute atomic E-state index is 14.2. The molecule has 2 fully saturated rings. The van der Waals surface area contributed by atoms with E-state index in [1.165, 1.54) is 0 Å². The van der Waals surface area contributed by atoms with Gasteiger partial charge in [0, 0.05) is 28.5 Å². The van der Waals surface area contributed by atoms with Gasteiger partial charge in [-0.1, -0.05) is 67.7 Å².